The molecule has 1 heterocycles. The summed E-state index contributed by atoms with van der Waals surface area (Å²) < 4.78 is 0. The molecule has 3 heteroatoms. The molecule has 0 saturated carbocycles. The average Bonchev–Trinajstić information content (AvgIpc) is 2.34. The van der Waals surface area contributed by atoms with Crippen LogP contribution in [0.5, 0.6) is 0 Å². The summed E-state index contributed by atoms with van der Waals surface area (Å²) in [5.74, 6) is 5.71. The maximum Gasteiger partial charge on any atom is 0.166 e. The van der Waals surface area contributed by atoms with Gasteiger partial charge in [0.25, 0.3) is 0 Å². The SMILES string of the molecule is [CH2-]CC#Cc1nccs1.[Ho]. The molecular weight excluding hydrogens is 295 g/mol. The van der Waals surface area contributed by atoms with E-state index in [4.69, 9.17) is 0 Å². The van der Waals surface area contributed by atoms with Crippen molar-refractivity contribution in [2.75, 3.05) is 0 Å². The third-order valence-corrected chi connectivity index (χ3v) is 1.44. The quantitative estimate of drug-likeness (QED) is 0.404. The van der Waals surface area contributed by atoms with E-state index in [0.29, 0.717) is 6.42 Å². The summed E-state index contributed by atoms with van der Waals surface area (Å²) in [5, 5.41) is 2.78. The normalized spacial score (nSPS) is 7.30. The van der Waals surface area contributed by atoms with Gasteiger partial charge in [0.15, 0.2) is 5.01 Å². The van der Waals surface area contributed by atoms with Crippen molar-refractivity contribution in [3.8, 4) is 11.8 Å². The molecule has 0 atom stereocenters. The molecule has 57 valence electrons. The van der Waals surface area contributed by atoms with Gasteiger partial charge in [-0.3, -0.25) is 0 Å². The number of thiazole rings is 1. The van der Waals surface area contributed by atoms with Crippen LogP contribution in [0, 0.1) is 56.5 Å². The summed E-state index contributed by atoms with van der Waals surface area (Å²) in [7, 11) is 0. The molecular formula is C7H6HoNS-. The molecule has 1 aromatic rings. The number of hydrogen-bond donors (Lipinski definition) is 0. The van der Waals surface area contributed by atoms with E-state index in [2.05, 4.69) is 23.7 Å². The first-order chi connectivity index (χ1) is 4.43. The topological polar surface area (TPSA) is 12.9 Å². The van der Waals surface area contributed by atoms with Crippen LogP contribution in [0.2, 0.25) is 0 Å². The van der Waals surface area contributed by atoms with Crippen LogP contribution >= 0.6 is 11.3 Å². The van der Waals surface area contributed by atoms with Gasteiger partial charge in [-0.1, -0.05) is 0 Å². The number of aromatic nitrogens is 1. The minimum absolute atomic E-state index is 0. The Bertz CT molecular complexity index is 219. The first-order valence-electron chi connectivity index (χ1n) is 2.61. The minimum Gasteiger partial charge on any atom is -0.332 e. The van der Waals surface area contributed by atoms with Crippen LogP contribution in [0.3, 0.4) is 0 Å². The largest absolute Gasteiger partial charge is 0.332 e. The number of hydrogen-bond acceptors (Lipinski definition) is 2. The molecule has 0 spiro atoms. The van der Waals surface area contributed by atoms with Crippen molar-refractivity contribution in [3.05, 3.63) is 23.5 Å². The van der Waals surface area contributed by atoms with Gasteiger partial charge in [-0.25, -0.2) is 4.98 Å². The smallest absolute Gasteiger partial charge is 0.166 e. The first-order valence-corrected chi connectivity index (χ1v) is 3.49. The van der Waals surface area contributed by atoms with Crippen LogP contribution in [-0.4, -0.2) is 4.98 Å². The van der Waals surface area contributed by atoms with E-state index in [9.17, 15) is 0 Å². The molecule has 1 radical (unpaired) electrons. The van der Waals surface area contributed by atoms with Crippen molar-refractivity contribution in [1.29, 1.82) is 0 Å². The molecule has 1 rings (SSSR count). The van der Waals surface area contributed by atoms with Gasteiger partial charge in [-0.15, -0.1) is 23.7 Å². The van der Waals surface area contributed by atoms with E-state index in [1.54, 1.807) is 17.5 Å². The summed E-state index contributed by atoms with van der Waals surface area (Å²) in [6.07, 6.45) is 2.40. The van der Waals surface area contributed by atoms with E-state index in [-0.39, 0.29) is 37.7 Å². The Kier molecular flexibility index (Phi) is 6.46. The van der Waals surface area contributed by atoms with Crippen molar-refractivity contribution >= 4 is 11.3 Å². The van der Waals surface area contributed by atoms with E-state index >= 15 is 0 Å². The van der Waals surface area contributed by atoms with Crippen LogP contribution in [0.1, 0.15) is 11.4 Å². The molecule has 0 saturated heterocycles. The van der Waals surface area contributed by atoms with Crippen LogP contribution in [0.25, 0.3) is 0 Å². The van der Waals surface area contributed by atoms with Crippen molar-refractivity contribution in [2.45, 2.75) is 6.42 Å². The fourth-order valence-electron chi connectivity index (χ4n) is 0.423. The predicted molar refractivity (Wildman–Crippen MR) is 39.0 cm³/mol. The fourth-order valence-corrected chi connectivity index (χ4v) is 0.927. The van der Waals surface area contributed by atoms with Crippen molar-refractivity contribution in [2.24, 2.45) is 0 Å². The van der Waals surface area contributed by atoms with Crippen molar-refractivity contribution in [3.63, 3.8) is 0 Å². The zero-order chi connectivity index (χ0) is 6.53. The molecule has 0 aliphatic heterocycles. The van der Waals surface area contributed by atoms with Gasteiger partial charge in [0.1, 0.15) is 0 Å². The van der Waals surface area contributed by atoms with Crippen LogP contribution in [-0.2, 0) is 0 Å². The zero-order valence-electron chi connectivity index (χ0n) is 5.23. The zero-order valence-corrected chi connectivity index (χ0v) is 7.98. The third-order valence-electron chi connectivity index (χ3n) is 0.753. The summed E-state index contributed by atoms with van der Waals surface area (Å²) in [5.41, 5.74) is 0. The number of rotatable bonds is 0. The molecule has 0 unspecified atom stereocenters. The van der Waals surface area contributed by atoms with E-state index < -0.39 is 0 Å². The molecule has 0 aromatic carbocycles. The Morgan fingerprint density at radius 3 is 3.00 bits per heavy atom. The molecule has 0 bridgehead atoms. The summed E-state index contributed by atoms with van der Waals surface area (Å²) in [6.45, 7) is 3.59. The molecule has 1 nitrogen and oxygen atoms in total. The van der Waals surface area contributed by atoms with E-state index in [1.165, 1.54) is 0 Å². The van der Waals surface area contributed by atoms with Gasteiger partial charge in [-0.2, -0.15) is 0 Å². The number of nitrogens with zero attached hydrogens (tertiary/aromatic N) is 1. The molecule has 0 N–H and O–H groups in total. The maximum atomic E-state index is 3.97. The van der Waals surface area contributed by atoms with Gasteiger partial charge in [0.05, 0.1) is 0 Å². The molecule has 1 aromatic heterocycles. The minimum atomic E-state index is 0. The third kappa shape index (κ3) is 3.58. The average molecular weight is 301 g/mol. The molecule has 0 amide bonds. The summed E-state index contributed by atoms with van der Waals surface area (Å²) in [4.78, 5) is 3.97. The van der Waals surface area contributed by atoms with E-state index in [1.807, 2.05) is 5.38 Å². The van der Waals surface area contributed by atoms with Crippen molar-refractivity contribution < 1.29 is 37.7 Å². The second-order valence-corrected chi connectivity index (χ2v) is 2.28. The Balaban J connectivity index is 0.000000810. The maximum absolute atomic E-state index is 3.97. The van der Waals surface area contributed by atoms with Gasteiger partial charge >= 0.3 is 0 Å². The molecule has 0 fully saturated rings. The second-order valence-electron chi connectivity index (χ2n) is 1.39. The van der Waals surface area contributed by atoms with E-state index in [0.717, 1.165) is 5.01 Å². The first kappa shape index (κ1) is 10.4. The standard InChI is InChI=1S/C7H6NS.Ho/c1-2-3-4-7-8-5-6-9-7;/h5-6H,1-2H2;/q-1;. The predicted octanol–water partition coefficient (Wildman–Crippen LogP) is 1.72. The van der Waals surface area contributed by atoms with Gasteiger partial charge in [0, 0.05) is 49.3 Å². The molecule has 10 heavy (non-hydrogen) atoms. The molecule has 0 aliphatic rings. The van der Waals surface area contributed by atoms with Gasteiger partial charge in [-0.05, 0) is 5.92 Å². The summed E-state index contributed by atoms with van der Waals surface area (Å²) in [6, 6.07) is 0. The van der Waals surface area contributed by atoms with Gasteiger partial charge in [0.2, 0.25) is 0 Å². The fraction of sp³-hybridized carbons (Fsp3) is 0.143. The Morgan fingerprint density at radius 2 is 2.50 bits per heavy atom. The van der Waals surface area contributed by atoms with Crippen LogP contribution in [0.4, 0.5) is 0 Å². The Labute approximate surface area is 94.9 Å². The Morgan fingerprint density at radius 1 is 1.70 bits per heavy atom. The molecule has 0 aliphatic carbocycles. The Hall–Kier alpha value is 0.450. The van der Waals surface area contributed by atoms with Crippen LogP contribution < -0.4 is 0 Å². The summed E-state index contributed by atoms with van der Waals surface area (Å²) >= 11 is 1.55. The van der Waals surface area contributed by atoms with Crippen LogP contribution in [0.15, 0.2) is 11.6 Å². The van der Waals surface area contributed by atoms with Crippen molar-refractivity contribution in [1.82, 2.24) is 4.98 Å². The monoisotopic (exact) mass is 301 g/mol. The van der Waals surface area contributed by atoms with Gasteiger partial charge < -0.3 is 6.92 Å². The second kappa shape index (κ2) is 6.18.